The second-order valence-corrected chi connectivity index (χ2v) is 23.6. The van der Waals surface area contributed by atoms with E-state index in [1.54, 1.807) is 0 Å². The summed E-state index contributed by atoms with van der Waals surface area (Å²) in [4.78, 5) is 9.37. The largest absolute Gasteiger partial charge is 0.305 e. The number of pyridine rings is 2. The van der Waals surface area contributed by atoms with Gasteiger partial charge in [-0.3, -0.25) is 0 Å². The third-order valence-corrected chi connectivity index (χ3v) is 11.9. The van der Waals surface area contributed by atoms with Crippen molar-refractivity contribution in [3.05, 3.63) is 157 Å². The van der Waals surface area contributed by atoms with Crippen LogP contribution >= 0.6 is 0 Å². The number of rotatable bonds is 7. The molecular weight excluding hydrogens is 769 g/mol. The van der Waals surface area contributed by atoms with Gasteiger partial charge in [0.1, 0.15) is 0 Å². The van der Waals surface area contributed by atoms with E-state index in [9.17, 15) is 0 Å². The number of aromatic nitrogens is 2. The molecule has 0 N–H and O–H groups in total. The average molecular weight is 811 g/mol. The van der Waals surface area contributed by atoms with Gasteiger partial charge >= 0.3 is 0 Å². The first kappa shape index (κ1) is 35.1. The van der Waals surface area contributed by atoms with Crippen molar-refractivity contribution in [3.63, 3.8) is 0 Å². The van der Waals surface area contributed by atoms with Crippen molar-refractivity contribution < 1.29 is 20.1 Å². The topological polar surface area (TPSA) is 25.8 Å². The van der Waals surface area contributed by atoms with E-state index in [0.717, 1.165) is 28.9 Å². The quantitative estimate of drug-likeness (QED) is 0.119. The van der Waals surface area contributed by atoms with Gasteiger partial charge in [0.05, 0.1) is 16.1 Å². The molecule has 0 bridgehead atoms. The van der Waals surface area contributed by atoms with Crippen LogP contribution in [0.2, 0.25) is 39.3 Å². The molecule has 0 aliphatic rings. The fourth-order valence-corrected chi connectivity index (χ4v) is 7.87. The first-order chi connectivity index (χ1) is 21.6. The Morgan fingerprint density at radius 1 is 0.543 bits per heavy atom. The molecule has 5 heteroatoms. The summed E-state index contributed by atoms with van der Waals surface area (Å²) in [7, 11) is -2.72. The summed E-state index contributed by atoms with van der Waals surface area (Å²) in [5.41, 5.74) is 9.27. The van der Waals surface area contributed by atoms with Gasteiger partial charge in [0.15, 0.2) is 0 Å². The third-order valence-electron chi connectivity index (χ3n) is 7.83. The van der Waals surface area contributed by atoms with E-state index >= 15 is 0 Å². The maximum absolute atomic E-state index is 4.72. The zero-order valence-electron chi connectivity index (χ0n) is 27.6. The molecule has 0 saturated heterocycles. The zero-order valence-corrected chi connectivity index (χ0v) is 32.0. The number of hydrogen-bond acceptors (Lipinski definition) is 2. The average Bonchev–Trinajstić information content (AvgIpc) is 3.05. The monoisotopic (exact) mass is 811 g/mol. The van der Waals surface area contributed by atoms with Gasteiger partial charge < -0.3 is 9.97 Å². The van der Waals surface area contributed by atoms with Crippen LogP contribution in [0, 0.1) is 12.1 Å². The Labute approximate surface area is 291 Å². The predicted molar refractivity (Wildman–Crippen MR) is 198 cm³/mol. The summed E-state index contributed by atoms with van der Waals surface area (Å²) < 4.78 is 0. The van der Waals surface area contributed by atoms with E-state index < -0.39 is 16.1 Å². The Bertz CT molecular complexity index is 1810. The van der Waals surface area contributed by atoms with Crippen LogP contribution in [0.4, 0.5) is 0 Å². The van der Waals surface area contributed by atoms with Crippen LogP contribution in [0.25, 0.3) is 33.6 Å². The van der Waals surface area contributed by atoms with E-state index in [1.165, 1.54) is 32.6 Å². The van der Waals surface area contributed by atoms with Crippen molar-refractivity contribution in [3.8, 4) is 33.6 Å². The first-order valence-corrected chi connectivity index (χ1v) is 22.6. The first-order valence-electron chi connectivity index (χ1n) is 15.6. The van der Waals surface area contributed by atoms with E-state index in [0.29, 0.717) is 0 Å². The van der Waals surface area contributed by atoms with Crippen LogP contribution < -0.4 is 10.4 Å². The molecule has 0 aliphatic heterocycles. The normalized spacial score (nSPS) is 11.2. The summed E-state index contributed by atoms with van der Waals surface area (Å²) in [6, 6.07) is 48.5. The minimum absolute atomic E-state index is 0. The van der Waals surface area contributed by atoms with Gasteiger partial charge in [0.2, 0.25) is 0 Å². The minimum atomic E-state index is -1.43. The fourth-order valence-electron chi connectivity index (χ4n) is 5.26. The molecule has 2 heterocycles. The number of benzene rings is 4. The molecule has 4 aromatic carbocycles. The fraction of sp³-hybridized carbons (Fsp3) is 0.171. The van der Waals surface area contributed by atoms with Crippen LogP contribution in [0.3, 0.4) is 0 Å². The molecule has 0 unspecified atom stereocenters. The molecule has 0 aliphatic carbocycles. The zero-order chi connectivity index (χ0) is 31.9. The van der Waals surface area contributed by atoms with E-state index in [2.05, 4.69) is 154 Å². The standard InChI is InChI=1S/C21H22NSi.C20H20NSi.Ir/c1-23(2,3)21-16-22-20(18-12-8-5-9-13-18)15-19(21)14-17-10-6-4-7-11-17;1-22(2,3)19-12-13-20(21-15-19)18-11-7-10-17(14-18)16-8-5-4-6-9-16;/h4-12,15-16H,14H2,1-3H3;4-10,12-15H,1-3H3;/q2*-1;. The molecule has 2 aromatic heterocycles. The maximum atomic E-state index is 4.72. The maximum Gasteiger partial charge on any atom is 0.0799 e. The van der Waals surface area contributed by atoms with Crippen molar-refractivity contribution in [2.75, 3.05) is 0 Å². The predicted octanol–water partition coefficient (Wildman–Crippen LogP) is 9.44. The smallest absolute Gasteiger partial charge is 0.0799 e. The van der Waals surface area contributed by atoms with Gasteiger partial charge in [-0.05, 0) is 39.3 Å². The molecule has 1 radical (unpaired) electrons. The van der Waals surface area contributed by atoms with E-state index in [4.69, 9.17) is 4.98 Å². The van der Waals surface area contributed by atoms with Crippen molar-refractivity contribution >= 4 is 26.5 Å². The van der Waals surface area contributed by atoms with Crippen molar-refractivity contribution in [1.29, 1.82) is 0 Å². The summed E-state index contributed by atoms with van der Waals surface area (Å²) in [6.07, 6.45) is 5.09. The Hall–Kier alpha value is -3.74. The number of nitrogens with zero attached hydrogens (tertiary/aromatic N) is 2. The Kier molecular flexibility index (Phi) is 12.0. The van der Waals surface area contributed by atoms with E-state index in [1.807, 2.05) is 36.5 Å². The molecule has 235 valence electrons. The SMILES string of the molecule is C[Si](C)(C)c1ccc(-c2[c-]ccc(-c3ccccc3)c2)nc1.C[Si](C)(C)c1cnc(-c2[c-]cccc2)cc1Cc1ccccc1.[Ir]. The van der Waals surface area contributed by atoms with Gasteiger partial charge in [-0.2, -0.15) is 0 Å². The summed E-state index contributed by atoms with van der Waals surface area (Å²) in [5.74, 6) is 0. The molecule has 0 saturated carbocycles. The molecule has 6 rings (SSSR count). The van der Waals surface area contributed by atoms with Crippen LogP contribution in [0.1, 0.15) is 11.1 Å². The van der Waals surface area contributed by atoms with Crippen LogP contribution in [0.5, 0.6) is 0 Å². The number of hydrogen-bond donors (Lipinski definition) is 0. The minimum Gasteiger partial charge on any atom is -0.305 e. The second-order valence-electron chi connectivity index (χ2n) is 13.5. The molecule has 0 fully saturated rings. The van der Waals surface area contributed by atoms with Crippen LogP contribution in [-0.4, -0.2) is 26.1 Å². The van der Waals surface area contributed by atoms with Crippen LogP contribution in [-0.2, 0) is 26.5 Å². The molecule has 0 amide bonds. The van der Waals surface area contributed by atoms with Crippen molar-refractivity contribution in [1.82, 2.24) is 9.97 Å². The van der Waals surface area contributed by atoms with Gasteiger partial charge in [-0.15, -0.1) is 71.3 Å². The van der Waals surface area contributed by atoms with Crippen molar-refractivity contribution in [2.24, 2.45) is 0 Å². The van der Waals surface area contributed by atoms with Crippen LogP contribution in [0.15, 0.2) is 134 Å². The molecule has 46 heavy (non-hydrogen) atoms. The van der Waals surface area contributed by atoms with Gasteiger partial charge in [0.25, 0.3) is 0 Å². The second kappa shape index (κ2) is 15.7. The Balaban J connectivity index is 0.000000205. The van der Waals surface area contributed by atoms with E-state index in [-0.39, 0.29) is 20.1 Å². The Morgan fingerprint density at radius 3 is 1.80 bits per heavy atom. The summed E-state index contributed by atoms with van der Waals surface area (Å²) in [6.45, 7) is 14.2. The molecule has 0 spiro atoms. The van der Waals surface area contributed by atoms with Crippen molar-refractivity contribution in [2.45, 2.75) is 45.7 Å². The van der Waals surface area contributed by atoms with Gasteiger partial charge in [0, 0.05) is 32.5 Å². The Morgan fingerprint density at radius 2 is 1.20 bits per heavy atom. The summed E-state index contributed by atoms with van der Waals surface area (Å²) in [5, 5.41) is 2.83. The molecule has 2 nitrogen and oxygen atoms in total. The van der Waals surface area contributed by atoms with Gasteiger partial charge in [-0.25, -0.2) is 0 Å². The molecule has 0 atom stereocenters. The third kappa shape index (κ3) is 9.40. The van der Waals surface area contributed by atoms with Gasteiger partial charge in [-0.1, -0.05) is 124 Å². The molecular formula is C41H42IrN2Si2-2. The summed E-state index contributed by atoms with van der Waals surface area (Å²) >= 11 is 0. The molecule has 6 aromatic rings.